The molecule has 3 N–H and O–H groups in total. The second-order valence-corrected chi connectivity index (χ2v) is 8.36. The van der Waals surface area contributed by atoms with Crippen molar-refractivity contribution < 1.29 is 36.9 Å². The fourth-order valence-electron chi connectivity index (χ4n) is 2.42. The summed E-state index contributed by atoms with van der Waals surface area (Å²) in [6.07, 6.45) is 1.41. The van der Waals surface area contributed by atoms with E-state index in [1.54, 1.807) is 26.2 Å². The predicted molar refractivity (Wildman–Crippen MR) is 113 cm³/mol. The summed E-state index contributed by atoms with van der Waals surface area (Å²) >= 11 is 0. The van der Waals surface area contributed by atoms with Crippen molar-refractivity contribution >= 4 is 39.3 Å². The number of nitrogens with zero attached hydrogens (tertiary/aromatic N) is 2. The van der Waals surface area contributed by atoms with E-state index in [9.17, 15) is 32.9 Å². The van der Waals surface area contributed by atoms with Crippen molar-refractivity contribution in [1.29, 1.82) is 0 Å². The number of rotatable bonds is 10. The molecular formula is C18H21N5O9S. The van der Waals surface area contributed by atoms with Crippen molar-refractivity contribution in [1.82, 2.24) is 15.4 Å². The molecule has 0 atom stereocenters. The molecular weight excluding hydrogens is 462 g/mol. The van der Waals surface area contributed by atoms with Crippen LogP contribution in [0.25, 0.3) is 0 Å². The summed E-state index contributed by atoms with van der Waals surface area (Å²) in [7, 11) is -1.17. The second kappa shape index (κ2) is 11.1. The highest BCUT2D eigenvalue weighted by Crippen LogP contribution is 2.29. The topological polar surface area (TPSA) is 190 Å². The van der Waals surface area contributed by atoms with E-state index in [0.717, 1.165) is 12.1 Å². The third-order valence-electron chi connectivity index (χ3n) is 3.96. The zero-order valence-corrected chi connectivity index (χ0v) is 18.4. The number of benzene rings is 1. The quantitative estimate of drug-likeness (QED) is 0.237. The van der Waals surface area contributed by atoms with Gasteiger partial charge in [-0.2, -0.15) is 4.72 Å². The molecule has 0 aliphatic rings. The Morgan fingerprint density at radius 2 is 1.94 bits per heavy atom. The number of carbonyl (C=O) groups is 3. The third kappa shape index (κ3) is 7.58. The van der Waals surface area contributed by atoms with E-state index in [2.05, 4.69) is 10.1 Å². The van der Waals surface area contributed by atoms with Gasteiger partial charge < -0.3 is 19.4 Å². The Balaban J connectivity index is 1.83. The van der Waals surface area contributed by atoms with Crippen LogP contribution in [0.2, 0.25) is 0 Å². The van der Waals surface area contributed by atoms with E-state index >= 15 is 0 Å². The van der Waals surface area contributed by atoms with Gasteiger partial charge in [-0.15, -0.1) is 0 Å². The van der Waals surface area contributed by atoms with E-state index in [1.807, 2.05) is 10.0 Å². The molecule has 0 fully saturated rings. The second-order valence-electron chi connectivity index (χ2n) is 6.60. The summed E-state index contributed by atoms with van der Waals surface area (Å²) in [5.41, 5.74) is -0.245. The first-order valence-corrected chi connectivity index (χ1v) is 10.7. The van der Waals surface area contributed by atoms with Gasteiger partial charge in [0.1, 0.15) is 18.0 Å². The highest BCUT2D eigenvalue weighted by molar-refractivity contribution is 7.89. The van der Waals surface area contributed by atoms with Gasteiger partial charge in [-0.1, -0.05) is 0 Å². The van der Waals surface area contributed by atoms with Crippen LogP contribution in [0.3, 0.4) is 0 Å². The molecule has 2 rings (SSSR count). The molecule has 33 heavy (non-hydrogen) atoms. The molecule has 14 nitrogen and oxygen atoms in total. The number of imide groups is 1. The lowest BCUT2D eigenvalue weighted by atomic mass is 10.2. The molecule has 0 aliphatic heterocycles. The number of nitrogens with one attached hydrogen (secondary N) is 3. The van der Waals surface area contributed by atoms with Crippen LogP contribution in [0.1, 0.15) is 5.76 Å². The molecule has 0 unspecified atom stereocenters. The van der Waals surface area contributed by atoms with E-state index in [4.69, 9.17) is 4.42 Å². The molecule has 0 radical (unpaired) electrons. The highest BCUT2D eigenvalue weighted by atomic mass is 32.2. The Labute approximate surface area is 188 Å². The Morgan fingerprint density at radius 3 is 2.55 bits per heavy atom. The molecule has 15 heteroatoms. The number of ether oxygens (including phenoxy) is 1. The number of anilines is 1. The maximum Gasteiger partial charge on any atom is 0.321 e. The van der Waals surface area contributed by atoms with E-state index in [0.29, 0.717) is 5.76 Å². The van der Waals surface area contributed by atoms with E-state index in [-0.39, 0.29) is 12.2 Å². The Hall–Kier alpha value is -3.98. The van der Waals surface area contributed by atoms with Gasteiger partial charge in [0.05, 0.1) is 22.6 Å². The highest BCUT2D eigenvalue weighted by Gasteiger charge is 2.23. The predicted octanol–water partition coefficient (Wildman–Crippen LogP) is 0.101. The average molecular weight is 483 g/mol. The Kier molecular flexibility index (Phi) is 8.47. The fourth-order valence-corrected chi connectivity index (χ4v) is 3.41. The van der Waals surface area contributed by atoms with Crippen LogP contribution in [0.5, 0.6) is 0 Å². The lowest BCUT2D eigenvalue weighted by molar-refractivity contribution is -0.384. The largest absolute Gasteiger partial charge is 0.467 e. The van der Waals surface area contributed by atoms with Crippen molar-refractivity contribution in [3.8, 4) is 0 Å². The third-order valence-corrected chi connectivity index (χ3v) is 5.36. The Bertz CT molecular complexity index is 1130. The lowest BCUT2D eigenvalue weighted by Gasteiger charge is -2.13. The summed E-state index contributed by atoms with van der Waals surface area (Å²) in [6.45, 7) is -1.65. The summed E-state index contributed by atoms with van der Waals surface area (Å²) in [4.78, 5) is 46.5. The molecule has 0 aliphatic carbocycles. The minimum Gasteiger partial charge on any atom is -0.467 e. The number of nitro benzene ring substituents is 1. The fraction of sp³-hybridized carbons (Fsp3) is 0.278. The number of hydrogen-bond acceptors (Lipinski definition) is 10. The number of furan rings is 1. The summed E-state index contributed by atoms with van der Waals surface area (Å²) < 4.78 is 36.2. The monoisotopic (exact) mass is 483 g/mol. The van der Waals surface area contributed by atoms with Crippen LogP contribution < -0.4 is 20.3 Å². The molecule has 178 valence electrons. The SMILES string of the molecule is CN(C)c1ccc(S(=O)(=O)NCC(=O)OCC(=O)NC(=O)NCc2ccco2)cc1[N+](=O)[O-]. The summed E-state index contributed by atoms with van der Waals surface area (Å²) in [6, 6.07) is 5.64. The summed E-state index contributed by atoms with van der Waals surface area (Å²) in [5, 5.41) is 15.5. The average Bonchev–Trinajstić information content (AvgIpc) is 3.28. The normalized spacial score (nSPS) is 10.8. The standard InChI is InChI=1S/C18H21N5O9S/c1-22(2)14-6-5-13(8-15(14)23(27)28)33(29,30)20-10-17(25)32-11-16(24)21-18(26)19-9-12-4-3-7-31-12/h3-8,20H,9-11H2,1-2H3,(H2,19,21,24,26). The van der Waals surface area contributed by atoms with Gasteiger partial charge in [0.2, 0.25) is 10.0 Å². The summed E-state index contributed by atoms with van der Waals surface area (Å²) in [5.74, 6) is -1.60. The maximum atomic E-state index is 12.4. The van der Waals surface area contributed by atoms with Crippen molar-refractivity contribution in [2.24, 2.45) is 0 Å². The molecule has 2 aromatic rings. The number of carbonyl (C=O) groups excluding carboxylic acids is 3. The number of amides is 3. The van der Waals surface area contributed by atoms with Crippen molar-refractivity contribution in [3.05, 3.63) is 52.5 Å². The number of hydrogen-bond donors (Lipinski definition) is 3. The van der Waals surface area contributed by atoms with Crippen molar-refractivity contribution in [2.75, 3.05) is 32.1 Å². The number of sulfonamides is 1. The van der Waals surface area contributed by atoms with Gasteiger partial charge >= 0.3 is 12.0 Å². The van der Waals surface area contributed by atoms with Crippen LogP contribution >= 0.6 is 0 Å². The van der Waals surface area contributed by atoms with Crippen LogP contribution in [-0.4, -0.2) is 58.5 Å². The van der Waals surface area contributed by atoms with Crippen molar-refractivity contribution in [3.63, 3.8) is 0 Å². The smallest absolute Gasteiger partial charge is 0.321 e. The molecule has 1 aromatic heterocycles. The zero-order chi connectivity index (χ0) is 24.6. The molecule has 3 amide bonds. The van der Waals surface area contributed by atoms with Crippen molar-refractivity contribution in [2.45, 2.75) is 11.4 Å². The number of nitro groups is 1. The van der Waals surface area contributed by atoms with Gasteiger partial charge in [0.25, 0.3) is 11.6 Å². The van der Waals surface area contributed by atoms with E-state index in [1.165, 1.54) is 17.2 Å². The van der Waals surface area contributed by atoms with Crippen LogP contribution in [0.4, 0.5) is 16.2 Å². The first-order valence-electron chi connectivity index (χ1n) is 9.20. The van der Waals surface area contributed by atoms with Gasteiger partial charge in [-0.25, -0.2) is 13.2 Å². The minimum absolute atomic E-state index is 0.0291. The van der Waals surface area contributed by atoms with Crippen LogP contribution in [-0.2, 0) is 30.9 Å². The first kappa shape index (κ1) is 25.3. The molecule has 0 saturated heterocycles. The molecule has 1 aromatic carbocycles. The first-order chi connectivity index (χ1) is 15.5. The zero-order valence-electron chi connectivity index (χ0n) is 17.6. The van der Waals surface area contributed by atoms with Gasteiger partial charge in [-0.05, 0) is 24.3 Å². The molecule has 0 saturated carbocycles. The van der Waals surface area contributed by atoms with Crippen LogP contribution in [0.15, 0.2) is 45.9 Å². The van der Waals surface area contributed by atoms with Gasteiger partial charge in [0.15, 0.2) is 6.61 Å². The minimum atomic E-state index is -4.29. The Morgan fingerprint density at radius 1 is 1.21 bits per heavy atom. The molecule has 1 heterocycles. The van der Waals surface area contributed by atoms with Gasteiger partial charge in [-0.3, -0.25) is 25.0 Å². The maximum absolute atomic E-state index is 12.4. The molecule has 0 bridgehead atoms. The number of esters is 1. The molecule has 0 spiro atoms. The van der Waals surface area contributed by atoms with Gasteiger partial charge in [0, 0.05) is 20.2 Å². The van der Waals surface area contributed by atoms with Crippen LogP contribution in [0, 0.1) is 10.1 Å². The number of urea groups is 1. The lowest BCUT2D eigenvalue weighted by Crippen LogP contribution is -2.41. The van der Waals surface area contributed by atoms with E-state index < -0.39 is 56.6 Å².